The summed E-state index contributed by atoms with van der Waals surface area (Å²) >= 11 is -0.660. The minimum atomic E-state index is -0.660. The molecule has 3 heteroatoms. The molecule has 0 bridgehead atoms. The van der Waals surface area contributed by atoms with Gasteiger partial charge in [-0.05, 0) is 0 Å². The fourth-order valence-corrected chi connectivity index (χ4v) is 6.37. The quantitative estimate of drug-likeness (QED) is 0.617. The number of allylic oxidation sites excluding steroid dienone is 9. The fourth-order valence-electron chi connectivity index (χ4n) is 1.57. The monoisotopic (exact) mass is 408 g/mol. The summed E-state index contributed by atoms with van der Waals surface area (Å²) in [6.07, 6.45) is 15.7. The molecule has 2 rings (SSSR count). The van der Waals surface area contributed by atoms with Crippen molar-refractivity contribution in [3.63, 3.8) is 0 Å². The van der Waals surface area contributed by atoms with Gasteiger partial charge in [-0.3, -0.25) is 0 Å². The molecular weight excluding hydrogens is 394 g/mol. The average molecular weight is 408 g/mol. The van der Waals surface area contributed by atoms with E-state index in [1.54, 1.807) is 6.66 Å². The molecule has 0 aromatic rings. The van der Waals surface area contributed by atoms with Crippen LogP contribution in [0.2, 0.25) is 0 Å². The Morgan fingerprint density at radius 2 is 2.00 bits per heavy atom. The summed E-state index contributed by atoms with van der Waals surface area (Å²) in [7, 11) is 0. The number of halogens is 2. The molecule has 15 heavy (non-hydrogen) atoms. The Kier molecular flexibility index (Phi) is 7.50. The van der Waals surface area contributed by atoms with E-state index in [1.165, 1.54) is 18.4 Å². The Balaban J connectivity index is 0.000000980. The van der Waals surface area contributed by atoms with Crippen LogP contribution in [0, 0.1) is 0 Å². The molecule has 0 saturated carbocycles. The summed E-state index contributed by atoms with van der Waals surface area (Å²) in [6, 6.07) is 0. The molecule has 0 aromatic heterocycles. The van der Waals surface area contributed by atoms with E-state index in [4.69, 9.17) is 0 Å². The fraction of sp³-hybridized carbons (Fsp3) is 0.167. The molecule has 0 atom stereocenters. The van der Waals surface area contributed by atoms with E-state index in [-0.39, 0.29) is 24.8 Å². The topological polar surface area (TPSA) is 0 Å². The van der Waals surface area contributed by atoms with Gasteiger partial charge in [-0.1, -0.05) is 0 Å². The van der Waals surface area contributed by atoms with Crippen molar-refractivity contribution in [1.29, 1.82) is 0 Å². The summed E-state index contributed by atoms with van der Waals surface area (Å²) in [5.41, 5.74) is 1.41. The van der Waals surface area contributed by atoms with Crippen LogP contribution in [0.15, 0.2) is 55.3 Å². The zero-order chi connectivity index (χ0) is 9.10. The van der Waals surface area contributed by atoms with Crippen molar-refractivity contribution in [1.82, 2.24) is 0 Å². The van der Waals surface area contributed by atoms with Crippen LogP contribution in [0.1, 0.15) is 12.8 Å². The van der Waals surface area contributed by atoms with Crippen molar-refractivity contribution < 1.29 is 22.9 Å². The van der Waals surface area contributed by atoms with E-state index in [1.807, 2.05) is 6.08 Å². The molecule has 0 heterocycles. The summed E-state index contributed by atoms with van der Waals surface area (Å²) in [5.74, 6) is 0. The minimum absolute atomic E-state index is 0. The average Bonchev–Trinajstić information content (AvgIpc) is 2.76. The molecule has 2 aliphatic rings. The number of hydrogen-bond acceptors (Lipinski definition) is 0. The Hall–Kier alpha value is 0.150. The van der Waals surface area contributed by atoms with Crippen molar-refractivity contribution in [2.24, 2.45) is 0 Å². The van der Waals surface area contributed by atoms with Gasteiger partial charge in [0.2, 0.25) is 0 Å². The van der Waals surface area contributed by atoms with Crippen molar-refractivity contribution in [3.05, 3.63) is 55.3 Å². The van der Waals surface area contributed by atoms with E-state index in [0.717, 1.165) is 0 Å². The molecule has 0 unspecified atom stereocenters. The van der Waals surface area contributed by atoms with E-state index in [9.17, 15) is 0 Å². The Morgan fingerprint density at radius 3 is 2.60 bits per heavy atom. The van der Waals surface area contributed by atoms with Gasteiger partial charge in [-0.25, -0.2) is 0 Å². The van der Waals surface area contributed by atoms with Crippen LogP contribution in [0.4, 0.5) is 0 Å². The summed E-state index contributed by atoms with van der Waals surface area (Å²) < 4.78 is 3.43. The van der Waals surface area contributed by atoms with Crippen molar-refractivity contribution in [3.8, 4) is 0 Å². The SMILES string of the molecule is C=CC1=[C]([Hf][C]2=CC=CC2)CC=C1.Cl.Cl. The molecule has 0 saturated heterocycles. The van der Waals surface area contributed by atoms with Gasteiger partial charge in [-0.2, -0.15) is 0 Å². The van der Waals surface area contributed by atoms with Crippen molar-refractivity contribution in [2.75, 3.05) is 0 Å². The molecule has 0 fully saturated rings. The van der Waals surface area contributed by atoms with Crippen LogP contribution >= 0.6 is 24.8 Å². The third-order valence-electron chi connectivity index (χ3n) is 2.27. The first-order chi connectivity index (χ1) is 6.40. The Morgan fingerprint density at radius 1 is 1.20 bits per heavy atom. The first-order valence-corrected chi connectivity index (χ1v) is 8.14. The zero-order valence-electron chi connectivity index (χ0n) is 8.40. The summed E-state index contributed by atoms with van der Waals surface area (Å²) in [6.45, 7) is 3.85. The zero-order valence-corrected chi connectivity index (χ0v) is 13.6. The Labute approximate surface area is 115 Å². The van der Waals surface area contributed by atoms with Gasteiger partial charge < -0.3 is 0 Å². The molecule has 80 valence electrons. The van der Waals surface area contributed by atoms with Gasteiger partial charge in [0.05, 0.1) is 0 Å². The second kappa shape index (κ2) is 7.43. The third kappa shape index (κ3) is 3.90. The van der Waals surface area contributed by atoms with E-state index < -0.39 is 22.9 Å². The molecule has 0 amide bonds. The smallest absolute Gasteiger partial charge is 0.147 e. The number of hydrogen-bond donors (Lipinski definition) is 0. The van der Waals surface area contributed by atoms with Gasteiger partial charge in [0.25, 0.3) is 0 Å². The van der Waals surface area contributed by atoms with Gasteiger partial charge in [0.1, 0.15) is 0 Å². The van der Waals surface area contributed by atoms with Crippen LogP contribution in [0.3, 0.4) is 0 Å². The molecule has 0 N–H and O–H groups in total. The maximum atomic E-state index is 3.85. The summed E-state index contributed by atoms with van der Waals surface area (Å²) in [4.78, 5) is 0. The van der Waals surface area contributed by atoms with Crippen molar-refractivity contribution in [2.45, 2.75) is 12.8 Å². The van der Waals surface area contributed by atoms with E-state index in [0.29, 0.717) is 0 Å². The second-order valence-electron chi connectivity index (χ2n) is 3.19. The van der Waals surface area contributed by atoms with Gasteiger partial charge in [0, 0.05) is 0 Å². The standard InChI is InChI=1S/C7H7.C5H5.2ClH.Hf/c1-2-7-5-3-4-6-7;1-2-4-5-3-1;;;/h2-3,5H,1,4H2;1-3H,4H2;2*1H;. The normalized spacial score (nSPS) is 16.9. The largest absolute Gasteiger partial charge is 0.147 e. The predicted molar refractivity (Wildman–Crippen MR) is 67.3 cm³/mol. The van der Waals surface area contributed by atoms with Crippen LogP contribution in [0.5, 0.6) is 0 Å². The van der Waals surface area contributed by atoms with Gasteiger partial charge in [-0.15, -0.1) is 24.8 Å². The van der Waals surface area contributed by atoms with Crippen LogP contribution in [-0.2, 0) is 22.9 Å². The number of rotatable bonds is 3. The summed E-state index contributed by atoms with van der Waals surface area (Å²) in [5, 5.41) is 0. The third-order valence-corrected chi connectivity index (χ3v) is 7.61. The first-order valence-electron chi connectivity index (χ1n) is 4.55. The van der Waals surface area contributed by atoms with Gasteiger partial charge >= 0.3 is 91.0 Å². The molecule has 0 spiro atoms. The maximum absolute atomic E-state index is 3.85. The van der Waals surface area contributed by atoms with Crippen LogP contribution in [0.25, 0.3) is 0 Å². The van der Waals surface area contributed by atoms with Crippen LogP contribution in [-0.4, -0.2) is 0 Å². The first kappa shape index (κ1) is 15.2. The molecular formula is C12H14Cl2Hf. The van der Waals surface area contributed by atoms with Crippen molar-refractivity contribution >= 4 is 24.8 Å². The molecule has 0 radical (unpaired) electrons. The van der Waals surface area contributed by atoms with Crippen LogP contribution < -0.4 is 0 Å². The van der Waals surface area contributed by atoms with E-state index >= 15 is 0 Å². The predicted octanol–water partition coefficient (Wildman–Crippen LogP) is 4.16. The maximum Gasteiger partial charge on any atom is -0.147 e. The molecule has 2 aliphatic carbocycles. The molecule has 0 aromatic carbocycles. The second-order valence-corrected chi connectivity index (χ2v) is 8.57. The molecule has 0 aliphatic heterocycles. The minimum Gasteiger partial charge on any atom is -0.147 e. The Bertz CT molecular complexity index is 349. The molecule has 0 nitrogen and oxygen atoms in total. The van der Waals surface area contributed by atoms with E-state index in [2.05, 4.69) is 37.0 Å². The van der Waals surface area contributed by atoms with Gasteiger partial charge in [0.15, 0.2) is 0 Å².